The fourth-order valence-corrected chi connectivity index (χ4v) is 3.37. The zero-order valence-electron chi connectivity index (χ0n) is 13.8. The molecule has 0 unspecified atom stereocenters. The first-order chi connectivity index (χ1) is 10.5. The van der Waals surface area contributed by atoms with Crippen molar-refractivity contribution in [3.8, 4) is 0 Å². The standard InChI is InChI=1S/C17H26ClN3O/c1-4-5-6-19-17(22)21-9-7-20(8-10-21)16-14(3)11-13(2)12-15(16)18/h11-12H,4-10H2,1-3H3,(H,19,22). The number of unbranched alkanes of at least 4 members (excludes halogenated alkanes) is 1. The molecule has 1 aromatic rings. The molecule has 0 bridgehead atoms. The lowest BCUT2D eigenvalue weighted by atomic mass is 10.1. The summed E-state index contributed by atoms with van der Waals surface area (Å²) in [6.45, 7) is 10.2. The molecule has 0 spiro atoms. The van der Waals surface area contributed by atoms with Gasteiger partial charge in [0.2, 0.25) is 0 Å². The minimum absolute atomic E-state index is 0.0554. The minimum Gasteiger partial charge on any atom is -0.367 e. The van der Waals surface area contributed by atoms with Crippen LogP contribution in [0.1, 0.15) is 30.9 Å². The number of aryl methyl sites for hydroxylation is 2. The van der Waals surface area contributed by atoms with Crippen molar-refractivity contribution in [1.82, 2.24) is 10.2 Å². The second kappa shape index (κ2) is 7.73. The van der Waals surface area contributed by atoms with Crippen LogP contribution in [-0.2, 0) is 0 Å². The van der Waals surface area contributed by atoms with Crippen LogP contribution in [0, 0.1) is 13.8 Å². The predicted octanol–water partition coefficient (Wildman–Crippen LogP) is 3.59. The fourth-order valence-electron chi connectivity index (χ4n) is 2.93. The van der Waals surface area contributed by atoms with E-state index in [0.29, 0.717) is 0 Å². The largest absolute Gasteiger partial charge is 0.367 e. The highest BCUT2D eigenvalue weighted by Crippen LogP contribution is 2.31. The molecule has 22 heavy (non-hydrogen) atoms. The first-order valence-electron chi connectivity index (χ1n) is 8.07. The lowest BCUT2D eigenvalue weighted by Crippen LogP contribution is -2.52. The van der Waals surface area contributed by atoms with E-state index >= 15 is 0 Å². The Labute approximate surface area is 138 Å². The summed E-state index contributed by atoms with van der Waals surface area (Å²) in [7, 11) is 0. The third-order valence-electron chi connectivity index (χ3n) is 4.09. The van der Waals surface area contributed by atoms with Crippen molar-refractivity contribution in [3.05, 3.63) is 28.3 Å². The topological polar surface area (TPSA) is 35.6 Å². The zero-order chi connectivity index (χ0) is 16.1. The third kappa shape index (κ3) is 4.07. The van der Waals surface area contributed by atoms with Gasteiger partial charge in [0, 0.05) is 32.7 Å². The maximum atomic E-state index is 12.1. The van der Waals surface area contributed by atoms with E-state index in [1.807, 2.05) is 11.0 Å². The molecule has 0 atom stereocenters. The number of hydrogen-bond donors (Lipinski definition) is 1. The first-order valence-corrected chi connectivity index (χ1v) is 8.45. The molecule has 5 heteroatoms. The maximum absolute atomic E-state index is 12.1. The Hall–Kier alpha value is -1.42. The number of nitrogens with zero attached hydrogens (tertiary/aromatic N) is 2. The van der Waals surface area contributed by atoms with Gasteiger partial charge in [-0.2, -0.15) is 0 Å². The molecule has 122 valence electrons. The predicted molar refractivity (Wildman–Crippen MR) is 93.0 cm³/mol. The Morgan fingerprint density at radius 3 is 2.50 bits per heavy atom. The van der Waals surface area contributed by atoms with Gasteiger partial charge in [-0.05, 0) is 37.5 Å². The van der Waals surface area contributed by atoms with Gasteiger partial charge in [0.05, 0.1) is 10.7 Å². The molecule has 2 amide bonds. The quantitative estimate of drug-likeness (QED) is 0.859. The Morgan fingerprint density at radius 1 is 1.23 bits per heavy atom. The Kier molecular flexibility index (Phi) is 5.95. The third-order valence-corrected chi connectivity index (χ3v) is 4.38. The molecule has 1 N–H and O–H groups in total. The molecular weight excluding hydrogens is 298 g/mol. The van der Waals surface area contributed by atoms with Gasteiger partial charge in [-0.15, -0.1) is 0 Å². The van der Waals surface area contributed by atoms with Gasteiger partial charge >= 0.3 is 6.03 Å². The number of urea groups is 1. The Morgan fingerprint density at radius 2 is 1.91 bits per heavy atom. The van der Waals surface area contributed by atoms with Crippen LogP contribution in [0.5, 0.6) is 0 Å². The highest BCUT2D eigenvalue weighted by Gasteiger charge is 2.23. The van der Waals surface area contributed by atoms with E-state index in [1.165, 1.54) is 11.1 Å². The molecular formula is C17H26ClN3O. The summed E-state index contributed by atoms with van der Waals surface area (Å²) in [4.78, 5) is 16.2. The van der Waals surface area contributed by atoms with Crippen LogP contribution in [0.3, 0.4) is 0 Å². The lowest BCUT2D eigenvalue weighted by molar-refractivity contribution is 0.194. The van der Waals surface area contributed by atoms with E-state index < -0.39 is 0 Å². The molecule has 1 saturated heterocycles. The summed E-state index contributed by atoms with van der Waals surface area (Å²) in [6.07, 6.45) is 2.13. The molecule has 4 nitrogen and oxygen atoms in total. The number of amides is 2. The molecule has 1 heterocycles. The monoisotopic (exact) mass is 323 g/mol. The number of hydrogen-bond acceptors (Lipinski definition) is 2. The summed E-state index contributed by atoms with van der Waals surface area (Å²) in [5.74, 6) is 0. The maximum Gasteiger partial charge on any atom is 0.317 e. The highest BCUT2D eigenvalue weighted by atomic mass is 35.5. The van der Waals surface area contributed by atoms with Gasteiger partial charge in [0.15, 0.2) is 0 Å². The van der Waals surface area contributed by atoms with E-state index in [4.69, 9.17) is 11.6 Å². The smallest absolute Gasteiger partial charge is 0.317 e. The molecule has 2 rings (SSSR count). The highest BCUT2D eigenvalue weighted by molar-refractivity contribution is 6.33. The van der Waals surface area contributed by atoms with Gasteiger partial charge in [0.1, 0.15) is 0 Å². The molecule has 0 aromatic heterocycles. The second-order valence-electron chi connectivity index (χ2n) is 5.97. The average Bonchev–Trinajstić information content (AvgIpc) is 2.47. The van der Waals surface area contributed by atoms with Gasteiger partial charge in [-0.25, -0.2) is 4.79 Å². The van der Waals surface area contributed by atoms with Crippen LogP contribution in [0.15, 0.2) is 12.1 Å². The van der Waals surface area contributed by atoms with Gasteiger partial charge in [0.25, 0.3) is 0 Å². The molecule has 0 saturated carbocycles. The summed E-state index contributed by atoms with van der Waals surface area (Å²) < 4.78 is 0. The summed E-state index contributed by atoms with van der Waals surface area (Å²) >= 11 is 6.42. The van der Waals surface area contributed by atoms with Crippen LogP contribution in [0.25, 0.3) is 0 Å². The van der Waals surface area contributed by atoms with Crippen molar-refractivity contribution in [2.75, 3.05) is 37.6 Å². The van der Waals surface area contributed by atoms with Crippen molar-refractivity contribution < 1.29 is 4.79 Å². The number of halogens is 1. The van der Waals surface area contributed by atoms with Crippen LogP contribution in [0.2, 0.25) is 5.02 Å². The number of nitrogens with one attached hydrogen (secondary N) is 1. The Bertz CT molecular complexity index is 502. The lowest BCUT2D eigenvalue weighted by Gasteiger charge is -2.37. The van der Waals surface area contributed by atoms with Crippen molar-refractivity contribution in [2.24, 2.45) is 0 Å². The first kappa shape index (κ1) is 16.9. The van der Waals surface area contributed by atoms with Crippen molar-refractivity contribution in [2.45, 2.75) is 33.6 Å². The molecule has 0 aliphatic carbocycles. The second-order valence-corrected chi connectivity index (χ2v) is 6.38. The number of carbonyl (C=O) groups is 1. The van der Waals surface area contributed by atoms with Gasteiger partial charge in [-0.3, -0.25) is 0 Å². The summed E-state index contributed by atoms with van der Waals surface area (Å²) in [5.41, 5.74) is 3.49. The van der Waals surface area contributed by atoms with E-state index in [2.05, 4.69) is 37.1 Å². The molecule has 1 aliphatic heterocycles. The fraction of sp³-hybridized carbons (Fsp3) is 0.588. The van der Waals surface area contributed by atoms with Gasteiger partial charge in [-0.1, -0.05) is 31.0 Å². The molecule has 0 radical (unpaired) electrons. The number of benzene rings is 1. The van der Waals surface area contributed by atoms with Crippen LogP contribution in [0.4, 0.5) is 10.5 Å². The SMILES string of the molecule is CCCCNC(=O)N1CCN(c2c(C)cc(C)cc2Cl)CC1. The molecule has 1 fully saturated rings. The number of carbonyl (C=O) groups excluding carboxylic acids is 1. The number of piperazine rings is 1. The van der Waals surface area contributed by atoms with E-state index in [9.17, 15) is 4.79 Å². The van der Waals surface area contributed by atoms with Crippen molar-refractivity contribution in [1.29, 1.82) is 0 Å². The van der Waals surface area contributed by atoms with E-state index in [0.717, 1.165) is 56.3 Å². The van der Waals surface area contributed by atoms with Crippen LogP contribution in [-0.4, -0.2) is 43.7 Å². The van der Waals surface area contributed by atoms with Crippen molar-refractivity contribution >= 4 is 23.3 Å². The normalized spacial score (nSPS) is 15.1. The number of anilines is 1. The summed E-state index contributed by atoms with van der Waals surface area (Å²) in [5, 5.41) is 3.78. The van der Waals surface area contributed by atoms with Crippen molar-refractivity contribution in [3.63, 3.8) is 0 Å². The van der Waals surface area contributed by atoms with E-state index in [-0.39, 0.29) is 6.03 Å². The van der Waals surface area contributed by atoms with E-state index in [1.54, 1.807) is 0 Å². The van der Waals surface area contributed by atoms with Gasteiger partial charge < -0.3 is 15.1 Å². The van der Waals surface area contributed by atoms with Crippen LogP contribution >= 0.6 is 11.6 Å². The minimum atomic E-state index is 0.0554. The average molecular weight is 324 g/mol. The zero-order valence-corrected chi connectivity index (χ0v) is 14.5. The summed E-state index contributed by atoms with van der Waals surface area (Å²) in [6, 6.07) is 4.22. The molecule has 1 aliphatic rings. The van der Waals surface area contributed by atoms with Crippen LogP contribution < -0.4 is 10.2 Å². The number of rotatable bonds is 4. The Balaban J connectivity index is 1.94. The molecule has 1 aromatic carbocycles.